The van der Waals surface area contributed by atoms with Crippen LogP contribution in [0.1, 0.15) is 41.5 Å². The van der Waals surface area contributed by atoms with E-state index in [1.54, 1.807) is 13.8 Å². The van der Waals surface area contributed by atoms with E-state index < -0.39 is 61.2 Å². The zero-order chi connectivity index (χ0) is 24.6. The predicted molar refractivity (Wildman–Crippen MR) is 102 cm³/mol. The van der Waals surface area contributed by atoms with Crippen LogP contribution in [0.25, 0.3) is 0 Å². The van der Waals surface area contributed by atoms with Crippen LogP contribution in [0.15, 0.2) is 5.11 Å². The van der Waals surface area contributed by atoms with Crippen molar-refractivity contribution in [3.8, 4) is 0 Å². The summed E-state index contributed by atoms with van der Waals surface area (Å²) >= 11 is 0. The summed E-state index contributed by atoms with van der Waals surface area (Å²) in [5.74, 6) is -3.00. The van der Waals surface area contributed by atoms with E-state index in [4.69, 9.17) is 28.5 Å². The Labute approximate surface area is 184 Å². The number of carbonyl (C=O) groups excluding carboxylic acids is 4. The van der Waals surface area contributed by atoms with E-state index in [9.17, 15) is 24.4 Å². The van der Waals surface area contributed by atoms with Crippen molar-refractivity contribution in [2.75, 3.05) is 13.7 Å². The highest BCUT2D eigenvalue weighted by Gasteiger charge is 2.53. The molecule has 1 saturated heterocycles. The molecule has 0 aliphatic carbocycles. The molecular formula is C18H29N3O11. The number of hydrazine groups is 1. The van der Waals surface area contributed by atoms with Crippen molar-refractivity contribution >= 4 is 23.9 Å². The second-order valence-electron chi connectivity index (χ2n) is 7.10. The maximum Gasteiger partial charge on any atom is 0.303 e. The zero-order valence-electron chi connectivity index (χ0n) is 19.0. The Balaban J connectivity index is 3.36. The van der Waals surface area contributed by atoms with Crippen molar-refractivity contribution in [2.24, 2.45) is 5.11 Å². The highest BCUT2D eigenvalue weighted by atomic mass is 16.9. The first kappa shape index (κ1) is 27.0. The van der Waals surface area contributed by atoms with E-state index in [2.05, 4.69) is 5.11 Å². The molecule has 1 fully saturated rings. The third-order valence-corrected chi connectivity index (χ3v) is 3.78. The van der Waals surface area contributed by atoms with Crippen LogP contribution < -0.4 is 0 Å². The minimum Gasteiger partial charge on any atom is -0.570 e. The van der Waals surface area contributed by atoms with Gasteiger partial charge in [-0.15, -0.1) is 0 Å². The first-order chi connectivity index (χ1) is 14.8. The van der Waals surface area contributed by atoms with Gasteiger partial charge >= 0.3 is 23.9 Å². The van der Waals surface area contributed by atoms with Gasteiger partial charge in [-0.05, 0) is 19.0 Å². The Hall–Kier alpha value is -3.00. The third-order valence-electron chi connectivity index (χ3n) is 3.78. The molecule has 0 aromatic carbocycles. The van der Waals surface area contributed by atoms with Gasteiger partial charge in [-0.1, -0.05) is 0 Å². The number of rotatable bonds is 9. The minimum atomic E-state index is -1.53. The lowest BCUT2D eigenvalue weighted by molar-refractivity contribution is -0.769. The molecule has 0 unspecified atom stereocenters. The summed E-state index contributed by atoms with van der Waals surface area (Å²) in [6.07, 6.45) is -6.91. The molecule has 0 N–H and O–H groups in total. The lowest BCUT2D eigenvalue weighted by Gasteiger charge is -2.43. The van der Waals surface area contributed by atoms with Gasteiger partial charge in [0.05, 0.1) is 12.0 Å². The molecule has 182 valence electrons. The molecule has 32 heavy (non-hydrogen) atoms. The molecule has 0 amide bonds. The molecule has 0 bridgehead atoms. The van der Waals surface area contributed by atoms with Crippen LogP contribution in [0.4, 0.5) is 0 Å². The van der Waals surface area contributed by atoms with Gasteiger partial charge in [0.2, 0.25) is 6.29 Å². The number of ether oxygens (including phenoxy) is 5. The summed E-state index contributed by atoms with van der Waals surface area (Å²) < 4.78 is 26.4. The van der Waals surface area contributed by atoms with Gasteiger partial charge in [0.25, 0.3) is 0 Å². The van der Waals surface area contributed by atoms with Crippen molar-refractivity contribution < 1.29 is 52.7 Å². The third kappa shape index (κ3) is 8.63. The molecule has 0 radical (unpaired) electrons. The Morgan fingerprint density at radius 1 is 0.938 bits per heavy atom. The molecule has 1 rings (SSSR count). The van der Waals surface area contributed by atoms with Crippen molar-refractivity contribution in [2.45, 2.75) is 78.3 Å². The van der Waals surface area contributed by atoms with Crippen LogP contribution in [0.5, 0.6) is 0 Å². The van der Waals surface area contributed by atoms with Gasteiger partial charge < -0.3 is 28.9 Å². The predicted octanol–water partition coefficient (Wildman–Crippen LogP) is 0.219. The van der Waals surface area contributed by atoms with E-state index in [1.807, 2.05) is 0 Å². The van der Waals surface area contributed by atoms with Gasteiger partial charge in [-0.3, -0.25) is 19.2 Å². The first-order valence-corrected chi connectivity index (χ1v) is 9.70. The van der Waals surface area contributed by atoms with Crippen molar-refractivity contribution in [3.05, 3.63) is 5.21 Å². The lowest BCUT2D eigenvalue weighted by atomic mass is 9.98. The van der Waals surface area contributed by atoms with Gasteiger partial charge in [-0.2, -0.15) is 4.84 Å². The Bertz CT molecular complexity index is 727. The Morgan fingerprint density at radius 3 is 1.91 bits per heavy atom. The van der Waals surface area contributed by atoms with E-state index in [-0.39, 0.29) is 11.0 Å². The average Bonchev–Trinajstić information content (AvgIpc) is 2.63. The summed E-state index contributed by atoms with van der Waals surface area (Å²) in [6, 6.07) is -0.367. The molecule has 5 atom stereocenters. The second kappa shape index (κ2) is 12.1. The number of esters is 4. The van der Waals surface area contributed by atoms with Crippen LogP contribution in [0.3, 0.4) is 0 Å². The first-order valence-electron chi connectivity index (χ1n) is 9.70. The van der Waals surface area contributed by atoms with E-state index in [0.717, 1.165) is 27.7 Å². The largest absolute Gasteiger partial charge is 0.570 e. The monoisotopic (exact) mass is 463 g/mol. The quantitative estimate of drug-likeness (QED) is 0.150. The normalized spacial score (nSPS) is 25.6. The topological polar surface area (TPSA) is 165 Å². The fourth-order valence-electron chi connectivity index (χ4n) is 2.73. The van der Waals surface area contributed by atoms with Crippen LogP contribution in [0.2, 0.25) is 0 Å². The smallest absolute Gasteiger partial charge is 0.303 e. The average molecular weight is 463 g/mol. The molecule has 0 saturated carbocycles. The molecule has 14 nitrogen and oxygen atoms in total. The van der Waals surface area contributed by atoms with Crippen LogP contribution in [-0.4, -0.2) is 84.4 Å². The fraction of sp³-hybridized carbons (Fsp3) is 0.778. The molecule has 1 aliphatic rings. The number of nitrogens with zero attached hydrogens (tertiary/aromatic N) is 3. The highest BCUT2D eigenvalue weighted by Crippen LogP contribution is 2.30. The molecule has 0 spiro atoms. The number of hydrogen-bond donors (Lipinski definition) is 0. The molecule has 1 heterocycles. The summed E-state index contributed by atoms with van der Waals surface area (Å²) in [7, 11) is 1.22. The molecule has 1 aliphatic heterocycles. The SMILES string of the molecule is CC(=O)OC[C@H]1O[C@@H](ON(C)[N+]([O-])=NC(C)C)[C@H](OC(C)=O)[C@@H](OC(C)=O)[C@@H]1OC(C)=O. The summed E-state index contributed by atoms with van der Waals surface area (Å²) in [5.41, 5.74) is 0. The standard InChI is InChI=1S/C18H29N3O11/c1-9(2)19-21(26)20(7)32-18-17(30-13(6)25)16(29-12(5)24)15(28-11(4)23)14(31-18)8-27-10(3)22/h9,14-18H,8H2,1-7H3/t14-,15-,16+,17-,18+/m1/s1. The number of hydroxylamine groups is 1. The van der Waals surface area contributed by atoms with Crippen molar-refractivity contribution in [3.63, 3.8) is 0 Å². The summed E-state index contributed by atoms with van der Waals surface area (Å²) in [6.45, 7) is 7.34. The Kier molecular flexibility index (Phi) is 10.3. The van der Waals surface area contributed by atoms with E-state index in [1.165, 1.54) is 7.05 Å². The maximum atomic E-state index is 12.1. The number of carbonyl (C=O) groups is 4. The van der Waals surface area contributed by atoms with Crippen molar-refractivity contribution in [1.29, 1.82) is 0 Å². The lowest BCUT2D eigenvalue weighted by Crippen LogP contribution is -2.63. The van der Waals surface area contributed by atoms with Gasteiger partial charge in [0, 0.05) is 32.8 Å². The van der Waals surface area contributed by atoms with Gasteiger partial charge in [0.1, 0.15) is 18.8 Å². The summed E-state index contributed by atoms with van der Waals surface area (Å²) in [5, 5.41) is 16.5. The molecule has 0 aromatic heterocycles. The molecule has 0 aromatic rings. The fourth-order valence-corrected chi connectivity index (χ4v) is 2.73. The second-order valence-corrected chi connectivity index (χ2v) is 7.10. The van der Waals surface area contributed by atoms with E-state index >= 15 is 0 Å². The molecular weight excluding hydrogens is 434 g/mol. The van der Waals surface area contributed by atoms with Crippen molar-refractivity contribution in [1.82, 2.24) is 5.17 Å². The van der Waals surface area contributed by atoms with Crippen LogP contribution in [0, 0.1) is 5.21 Å². The van der Waals surface area contributed by atoms with Gasteiger partial charge in [-0.25, -0.2) is 0 Å². The summed E-state index contributed by atoms with van der Waals surface area (Å²) in [4.78, 5) is 52.0. The molecule has 14 heteroatoms. The van der Waals surface area contributed by atoms with Gasteiger partial charge in [0.15, 0.2) is 18.3 Å². The van der Waals surface area contributed by atoms with Crippen LogP contribution >= 0.6 is 0 Å². The van der Waals surface area contributed by atoms with E-state index in [0.29, 0.717) is 5.17 Å². The maximum absolute atomic E-state index is 12.1. The number of hydrogen-bond acceptors (Lipinski definition) is 12. The highest BCUT2D eigenvalue weighted by molar-refractivity contribution is 5.68. The zero-order valence-corrected chi connectivity index (χ0v) is 19.0. The Morgan fingerprint density at radius 2 is 1.44 bits per heavy atom. The van der Waals surface area contributed by atoms with Crippen LogP contribution in [-0.2, 0) is 47.7 Å². The minimum absolute atomic E-state index is 0.138.